The maximum Gasteiger partial charge on any atom is 0.240 e. The van der Waals surface area contributed by atoms with E-state index < -0.39 is 0 Å². The van der Waals surface area contributed by atoms with Crippen molar-refractivity contribution < 1.29 is 4.79 Å². The molecule has 1 amide bonds. The Labute approximate surface area is 128 Å². The molecule has 0 fully saturated rings. The third kappa shape index (κ3) is 3.44. The minimum absolute atomic E-state index is 0.0712. The molecule has 4 nitrogen and oxygen atoms in total. The van der Waals surface area contributed by atoms with Gasteiger partial charge in [0, 0.05) is 10.6 Å². The smallest absolute Gasteiger partial charge is 0.240 e. The van der Waals surface area contributed by atoms with Crippen LogP contribution in [0.25, 0.3) is 11.0 Å². The number of nitrogens with one attached hydrogen (secondary N) is 1. The van der Waals surface area contributed by atoms with Crippen molar-refractivity contribution in [2.24, 2.45) is 0 Å². The predicted octanol–water partition coefficient (Wildman–Crippen LogP) is 3.34. The van der Waals surface area contributed by atoms with Crippen molar-refractivity contribution in [2.45, 2.75) is 38.7 Å². The number of aromatic nitrogens is 2. The number of carbonyl (C=O) groups excluding carboxylic acids is 1. The third-order valence-electron chi connectivity index (χ3n) is 2.72. The first-order valence-corrected chi connectivity index (χ1v) is 7.23. The molecule has 0 aliphatic heterocycles. The number of fused-ring (bicyclic) bond motifs is 1. The molecule has 0 atom stereocenters. The predicted molar refractivity (Wildman–Crippen MR) is 82.2 cm³/mol. The van der Waals surface area contributed by atoms with Gasteiger partial charge < -0.3 is 9.88 Å². The Kier molecular flexibility index (Phi) is 4.25. The van der Waals surface area contributed by atoms with E-state index in [1.807, 2.05) is 31.4 Å². The molecule has 0 aliphatic rings. The van der Waals surface area contributed by atoms with Crippen LogP contribution in [0.3, 0.4) is 0 Å². The lowest BCUT2D eigenvalue weighted by molar-refractivity contribution is -0.123. The SMILES string of the molecule is CC(C)(C)NC(=O)Cn1c(CCl)nc2cc(Cl)ccc21. The number of halogens is 2. The highest BCUT2D eigenvalue weighted by molar-refractivity contribution is 6.31. The number of alkyl halides is 1. The maximum atomic E-state index is 12.1. The summed E-state index contributed by atoms with van der Waals surface area (Å²) in [7, 11) is 0. The summed E-state index contributed by atoms with van der Waals surface area (Å²) in [6, 6.07) is 5.40. The van der Waals surface area contributed by atoms with Crippen molar-refractivity contribution >= 4 is 40.1 Å². The zero-order valence-corrected chi connectivity index (χ0v) is 13.2. The average Bonchev–Trinajstić information content (AvgIpc) is 2.64. The van der Waals surface area contributed by atoms with E-state index in [1.165, 1.54) is 0 Å². The van der Waals surface area contributed by atoms with E-state index in [2.05, 4.69) is 10.3 Å². The summed E-state index contributed by atoms with van der Waals surface area (Å²) in [4.78, 5) is 16.5. The van der Waals surface area contributed by atoms with E-state index in [0.717, 1.165) is 11.0 Å². The first-order valence-electron chi connectivity index (χ1n) is 6.32. The lowest BCUT2D eigenvalue weighted by Crippen LogP contribution is -2.42. The molecule has 0 radical (unpaired) electrons. The average molecular weight is 314 g/mol. The van der Waals surface area contributed by atoms with E-state index >= 15 is 0 Å². The van der Waals surface area contributed by atoms with E-state index in [-0.39, 0.29) is 23.9 Å². The first-order chi connectivity index (χ1) is 9.30. The number of benzene rings is 1. The van der Waals surface area contributed by atoms with Crippen molar-refractivity contribution in [3.05, 3.63) is 29.0 Å². The van der Waals surface area contributed by atoms with Gasteiger partial charge in [-0.2, -0.15) is 0 Å². The highest BCUT2D eigenvalue weighted by Crippen LogP contribution is 2.21. The summed E-state index contributed by atoms with van der Waals surface area (Å²) in [5.74, 6) is 0.834. The van der Waals surface area contributed by atoms with Crippen LogP contribution in [0.15, 0.2) is 18.2 Å². The fraction of sp³-hybridized carbons (Fsp3) is 0.429. The second-order valence-corrected chi connectivity index (χ2v) is 6.38. The monoisotopic (exact) mass is 313 g/mol. The summed E-state index contributed by atoms with van der Waals surface area (Å²) in [5, 5.41) is 3.54. The Morgan fingerprint density at radius 2 is 2.10 bits per heavy atom. The van der Waals surface area contributed by atoms with E-state index in [9.17, 15) is 4.79 Å². The highest BCUT2D eigenvalue weighted by atomic mass is 35.5. The second-order valence-electron chi connectivity index (χ2n) is 5.68. The van der Waals surface area contributed by atoms with E-state index in [0.29, 0.717) is 10.8 Å². The van der Waals surface area contributed by atoms with Gasteiger partial charge in [0.2, 0.25) is 5.91 Å². The lowest BCUT2D eigenvalue weighted by atomic mass is 10.1. The minimum atomic E-state index is -0.266. The fourth-order valence-electron chi connectivity index (χ4n) is 2.03. The standard InChI is InChI=1S/C14H17Cl2N3O/c1-14(2,3)18-13(20)8-19-11-5-4-9(16)6-10(11)17-12(19)7-15/h4-6H,7-8H2,1-3H3,(H,18,20). The summed E-state index contributed by atoms with van der Waals surface area (Å²) >= 11 is 11.9. The molecule has 1 N–H and O–H groups in total. The van der Waals surface area contributed by atoms with Gasteiger partial charge >= 0.3 is 0 Å². The summed E-state index contributed by atoms with van der Waals surface area (Å²) in [6.07, 6.45) is 0. The van der Waals surface area contributed by atoms with Gasteiger partial charge in [-0.25, -0.2) is 4.98 Å². The van der Waals surface area contributed by atoms with Gasteiger partial charge in [-0.3, -0.25) is 4.79 Å². The number of amides is 1. The van der Waals surface area contributed by atoms with Crippen LogP contribution in [0, 0.1) is 0 Å². The van der Waals surface area contributed by atoms with Crippen molar-refractivity contribution in [1.29, 1.82) is 0 Å². The molecule has 1 heterocycles. The van der Waals surface area contributed by atoms with Gasteiger partial charge in [0.25, 0.3) is 0 Å². The second kappa shape index (κ2) is 5.62. The number of nitrogens with zero attached hydrogens (tertiary/aromatic N) is 2. The Hall–Kier alpha value is -1.26. The molecule has 0 saturated carbocycles. The van der Waals surface area contributed by atoms with Crippen LogP contribution in [0.4, 0.5) is 0 Å². The summed E-state index contributed by atoms with van der Waals surface area (Å²) in [6.45, 7) is 6.02. The van der Waals surface area contributed by atoms with Crippen LogP contribution >= 0.6 is 23.2 Å². The molecule has 2 rings (SSSR count). The molecule has 20 heavy (non-hydrogen) atoms. The summed E-state index contributed by atoms with van der Waals surface area (Å²) < 4.78 is 1.82. The first kappa shape index (κ1) is 15.1. The number of rotatable bonds is 3. The Morgan fingerprint density at radius 3 is 2.70 bits per heavy atom. The van der Waals surface area contributed by atoms with E-state index in [1.54, 1.807) is 12.1 Å². The lowest BCUT2D eigenvalue weighted by Gasteiger charge is -2.21. The normalized spacial score (nSPS) is 11.8. The van der Waals surface area contributed by atoms with Gasteiger partial charge in [0.1, 0.15) is 12.4 Å². The highest BCUT2D eigenvalue weighted by Gasteiger charge is 2.17. The van der Waals surface area contributed by atoms with Crippen LogP contribution in [0.2, 0.25) is 5.02 Å². The largest absolute Gasteiger partial charge is 0.350 e. The molecule has 0 spiro atoms. The molecular weight excluding hydrogens is 297 g/mol. The van der Waals surface area contributed by atoms with Gasteiger partial charge in [0.15, 0.2) is 0 Å². The quantitative estimate of drug-likeness (QED) is 0.883. The molecule has 0 bridgehead atoms. The molecule has 1 aromatic carbocycles. The molecule has 0 aliphatic carbocycles. The van der Waals surface area contributed by atoms with Crippen molar-refractivity contribution in [3.63, 3.8) is 0 Å². The van der Waals surface area contributed by atoms with Gasteiger partial charge in [-0.05, 0) is 39.0 Å². The number of imidazole rings is 1. The third-order valence-corrected chi connectivity index (χ3v) is 3.20. The van der Waals surface area contributed by atoms with Gasteiger partial charge in [-0.1, -0.05) is 11.6 Å². The molecule has 6 heteroatoms. The number of carbonyl (C=O) groups is 1. The van der Waals surface area contributed by atoms with E-state index in [4.69, 9.17) is 23.2 Å². The zero-order valence-electron chi connectivity index (χ0n) is 11.7. The van der Waals surface area contributed by atoms with Gasteiger partial charge in [-0.15, -0.1) is 11.6 Å². The molecule has 1 aromatic heterocycles. The molecule has 0 unspecified atom stereocenters. The van der Waals surface area contributed by atoms with Crippen molar-refractivity contribution in [1.82, 2.24) is 14.9 Å². The Morgan fingerprint density at radius 1 is 1.40 bits per heavy atom. The van der Waals surface area contributed by atoms with Crippen LogP contribution in [-0.4, -0.2) is 21.0 Å². The zero-order chi connectivity index (χ0) is 14.9. The topological polar surface area (TPSA) is 46.9 Å². The van der Waals surface area contributed by atoms with Crippen LogP contribution in [-0.2, 0) is 17.2 Å². The molecule has 108 valence electrons. The minimum Gasteiger partial charge on any atom is -0.350 e. The van der Waals surface area contributed by atoms with Crippen molar-refractivity contribution in [2.75, 3.05) is 0 Å². The maximum absolute atomic E-state index is 12.1. The molecular formula is C14H17Cl2N3O. The Bertz CT molecular complexity index is 644. The van der Waals surface area contributed by atoms with Crippen molar-refractivity contribution in [3.8, 4) is 0 Å². The van der Waals surface area contributed by atoms with Crippen LogP contribution in [0.5, 0.6) is 0 Å². The number of hydrogen-bond acceptors (Lipinski definition) is 2. The van der Waals surface area contributed by atoms with Crippen LogP contribution < -0.4 is 5.32 Å². The summed E-state index contributed by atoms with van der Waals surface area (Å²) in [5.41, 5.74) is 1.34. The van der Waals surface area contributed by atoms with Gasteiger partial charge in [0.05, 0.1) is 16.9 Å². The molecule has 2 aromatic rings. The molecule has 0 saturated heterocycles. The van der Waals surface area contributed by atoms with Crippen LogP contribution in [0.1, 0.15) is 26.6 Å². The Balaban J connectivity index is 2.35. The number of hydrogen-bond donors (Lipinski definition) is 1. The fourth-order valence-corrected chi connectivity index (χ4v) is 2.40.